The molecule has 0 radical (unpaired) electrons. The molecule has 1 saturated carbocycles. The van der Waals surface area contributed by atoms with Gasteiger partial charge in [-0.1, -0.05) is 97.5 Å². The molecule has 4 aromatic carbocycles. The van der Waals surface area contributed by atoms with E-state index in [4.69, 9.17) is 9.47 Å². The highest BCUT2D eigenvalue weighted by Crippen LogP contribution is 2.65. The molecule has 276 valence electrons. The van der Waals surface area contributed by atoms with E-state index in [2.05, 4.69) is 17.2 Å². The van der Waals surface area contributed by atoms with Crippen LogP contribution in [0.5, 0.6) is 5.75 Å². The normalized spacial score (nSPS) is 27.1. The number of nitrogens with zero attached hydrogens (tertiary/aromatic N) is 1. The van der Waals surface area contributed by atoms with Gasteiger partial charge in [0.25, 0.3) is 0 Å². The summed E-state index contributed by atoms with van der Waals surface area (Å²) in [6, 6.07) is 28.0. The molecule has 4 N–H and O–H groups in total. The Morgan fingerprint density at radius 2 is 1.54 bits per heavy atom. The zero-order chi connectivity index (χ0) is 37.5. The molecule has 1 aliphatic carbocycles. The van der Waals surface area contributed by atoms with Crippen molar-refractivity contribution >= 4 is 23.5 Å². The van der Waals surface area contributed by atoms with E-state index in [1.165, 1.54) is 0 Å². The number of carbonyl (C=O) groups is 3. The average molecular weight is 727 g/mol. The fraction of sp³-hybridized carbons (Fsp3) is 0.341. The van der Waals surface area contributed by atoms with Crippen molar-refractivity contribution in [3.8, 4) is 17.6 Å². The summed E-state index contributed by atoms with van der Waals surface area (Å²) < 4.78 is 12.1. The molecule has 3 heterocycles. The Hall–Kier alpha value is -5.47. The molecule has 0 bridgehead atoms. The van der Waals surface area contributed by atoms with Crippen LogP contribution in [0.3, 0.4) is 0 Å². The quantitative estimate of drug-likeness (QED) is 0.105. The highest BCUT2D eigenvalue weighted by Gasteiger charge is 2.74. The number of cyclic esters (lactones) is 1. The van der Waals surface area contributed by atoms with Crippen LogP contribution in [0, 0.1) is 17.8 Å². The first-order valence-electron chi connectivity index (χ1n) is 18.6. The number of benzene rings is 4. The van der Waals surface area contributed by atoms with Crippen LogP contribution in [0.25, 0.3) is 0 Å². The van der Waals surface area contributed by atoms with Crippen LogP contribution in [0.4, 0.5) is 5.69 Å². The van der Waals surface area contributed by atoms with Crippen LogP contribution < -0.4 is 10.1 Å². The molecule has 3 fully saturated rings. The SMILES string of the molecule is O=C1O[C@@H](c2ccccc2)[C@@H](c2ccccc2)N2[C@@H](c3cccc(OCCO)c3)[C@]3(C(=O)Nc4ccc(C#CC5(O)CCCCCC5)cc43)[C@@H](C(=O)O)[C@H]12. The van der Waals surface area contributed by atoms with E-state index in [9.17, 15) is 29.7 Å². The maximum atomic E-state index is 15.0. The second-order valence-corrected chi connectivity index (χ2v) is 14.7. The maximum absolute atomic E-state index is 15.0. The molecule has 54 heavy (non-hydrogen) atoms. The van der Waals surface area contributed by atoms with Crippen molar-refractivity contribution in [3.05, 3.63) is 131 Å². The monoisotopic (exact) mass is 726 g/mol. The van der Waals surface area contributed by atoms with E-state index in [1.54, 1.807) is 36.4 Å². The number of carbonyl (C=O) groups excluding carboxylic acids is 2. The van der Waals surface area contributed by atoms with Gasteiger partial charge in [0.2, 0.25) is 5.91 Å². The first-order chi connectivity index (χ1) is 26.2. The second-order valence-electron chi connectivity index (χ2n) is 14.7. The van der Waals surface area contributed by atoms with E-state index in [-0.39, 0.29) is 13.2 Å². The highest BCUT2D eigenvalue weighted by molar-refractivity contribution is 6.11. The Balaban J connectivity index is 1.38. The third-order valence-electron chi connectivity index (χ3n) is 11.5. The fourth-order valence-electron chi connectivity index (χ4n) is 9.22. The van der Waals surface area contributed by atoms with Crippen molar-refractivity contribution in [1.82, 2.24) is 4.90 Å². The molecule has 10 nitrogen and oxygen atoms in total. The maximum Gasteiger partial charge on any atom is 0.325 e. The highest BCUT2D eigenvalue weighted by atomic mass is 16.6. The van der Waals surface area contributed by atoms with Gasteiger partial charge in [0.05, 0.1) is 18.7 Å². The molecule has 0 unspecified atom stereocenters. The first kappa shape index (κ1) is 35.6. The molecule has 1 spiro atoms. The molecule has 0 aromatic heterocycles. The molecular formula is C44H42N2O8. The lowest BCUT2D eigenvalue weighted by Crippen LogP contribution is -2.52. The summed E-state index contributed by atoms with van der Waals surface area (Å²) in [7, 11) is 0. The van der Waals surface area contributed by atoms with Crippen molar-refractivity contribution < 1.29 is 39.2 Å². The second kappa shape index (κ2) is 14.4. The van der Waals surface area contributed by atoms with Gasteiger partial charge in [-0.25, -0.2) is 0 Å². The van der Waals surface area contributed by atoms with Gasteiger partial charge >= 0.3 is 11.9 Å². The Morgan fingerprint density at radius 1 is 0.852 bits per heavy atom. The third-order valence-corrected chi connectivity index (χ3v) is 11.5. The number of hydrogen-bond donors (Lipinski definition) is 4. The van der Waals surface area contributed by atoms with E-state index >= 15 is 0 Å². The standard InChI is InChI=1S/C44H42N2O8/c47-24-25-53-32-17-11-16-31(27-32)39-44(33-26-28(18-19-34(33)45-42(44)51)20-23-43(52)21-9-1-2-10-22-43)35(40(48)49)37-41(50)54-38(30-14-7-4-8-15-30)36(46(37)39)29-12-5-3-6-13-29/h3-8,11-19,26-27,35-39,47,52H,1-2,9-10,21-22,24-25H2,(H,45,51)(H,48,49)/t35-,36-,37-,38+,39+,44-/m1/s1. The number of anilines is 1. The van der Waals surface area contributed by atoms with Crippen LogP contribution in [0.1, 0.15) is 84.5 Å². The van der Waals surface area contributed by atoms with Crippen LogP contribution in [-0.2, 0) is 24.5 Å². The number of amides is 1. The predicted molar refractivity (Wildman–Crippen MR) is 199 cm³/mol. The smallest absolute Gasteiger partial charge is 0.325 e. The summed E-state index contributed by atoms with van der Waals surface area (Å²) in [6.45, 7) is -0.196. The van der Waals surface area contributed by atoms with Gasteiger partial charge in [0, 0.05) is 11.3 Å². The molecular weight excluding hydrogens is 684 g/mol. The molecule has 4 aliphatic rings. The number of aliphatic hydroxyl groups excluding tert-OH is 1. The number of ether oxygens (including phenoxy) is 2. The van der Waals surface area contributed by atoms with Gasteiger partial charge in [-0.2, -0.15) is 0 Å². The van der Waals surface area contributed by atoms with E-state index in [1.807, 2.05) is 71.6 Å². The van der Waals surface area contributed by atoms with Crippen molar-refractivity contribution in [2.45, 2.75) is 73.8 Å². The van der Waals surface area contributed by atoms with E-state index in [0.29, 0.717) is 41.0 Å². The van der Waals surface area contributed by atoms with E-state index in [0.717, 1.165) is 36.8 Å². The summed E-state index contributed by atoms with van der Waals surface area (Å²) in [5, 5.41) is 35.2. The lowest BCUT2D eigenvalue weighted by atomic mass is 9.65. The van der Waals surface area contributed by atoms with Gasteiger partial charge in [-0.05, 0) is 78.3 Å². The van der Waals surface area contributed by atoms with Crippen molar-refractivity contribution in [1.29, 1.82) is 0 Å². The largest absolute Gasteiger partial charge is 0.491 e. The number of hydrogen-bond acceptors (Lipinski definition) is 8. The molecule has 1 amide bonds. The molecule has 4 aromatic rings. The van der Waals surface area contributed by atoms with Gasteiger partial charge in [0.1, 0.15) is 41.4 Å². The summed E-state index contributed by atoms with van der Waals surface area (Å²) in [4.78, 5) is 45.3. The lowest BCUT2D eigenvalue weighted by Gasteiger charge is -2.46. The molecule has 10 heteroatoms. The van der Waals surface area contributed by atoms with Crippen molar-refractivity contribution in [3.63, 3.8) is 0 Å². The topological polar surface area (TPSA) is 146 Å². The molecule has 2 saturated heterocycles. The minimum Gasteiger partial charge on any atom is -0.491 e. The summed E-state index contributed by atoms with van der Waals surface area (Å²) in [5.74, 6) is 2.47. The Bertz CT molecular complexity index is 2120. The van der Waals surface area contributed by atoms with Crippen LogP contribution in [0.2, 0.25) is 0 Å². The summed E-state index contributed by atoms with van der Waals surface area (Å²) >= 11 is 0. The number of rotatable bonds is 7. The number of esters is 1. The van der Waals surface area contributed by atoms with Gasteiger partial charge < -0.3 is 30.1 Å². The van der Waals surface area contributed by atoms with E-state index < -0.39 is 59.0 Å². The van der Waals surface area contributed by atoms with Gasteiger partial charge in [0.15, 0.2) is 0 Å². The zero-order valence-electron chi connectivity index (χ0n) is 29.7. The first-order valence-corrected chi connectivity index (χ1v) is 18.6. The predicted octanol–water partition coefficient (Wildman–Crippen LogP) is 5.85. The number of nitrogens with one attached hydrogen (secondary N) is 1. The summed E-state index contributed by atoms with van der Waals surface area (Å²) in [6.07, 6.45) is 4.11. The number of aliphatic hydroxyl groups is 2. The third kappa shape index (κ3) is 6.02. The Labute approximate surface area is 313 Å². The lowest BCUT2D eigenvalue weighted by molar-refractivity contribution is -0.179. The fourth-order valence-corrected chi connectivity index (χ4v) is 9.22. The Kier molecular flexibility index (Phi) is 9.48. The van der Waals surface area contributed by atoms with Crippen molar-refractivity contribution in [2.75, 3.05) is 18.5 Å². The number of carboxylic acid groups (broad SMARTS) is 1. The molecule has 8 rings (SSSR count). The minimum atomic E-state index is -1.85. The average Bonchev–Trinajstić information content (AvgIpc) is 3.56. The van der Waals surface area contributed by atoms with Crippen molar-refractivity contribution in [2.24, 2.45) is 5.92 Å². The molecule has 3 aliphatic heterocycles. The van der Waals surface area contributed by atoms with Crippen LogP contribution >= 0.6 is 0 Å². The number of morpholine rings is 1. The summed E-state index contributed by atoms with van der Waals surface area (Å²) in [5.41, 5.74) is 0.384. The van der Waals surface area contributed by atoms with Gasteiger partial charge in [-0.3, -0.25) is 19.3 Å². The zero-order valence-corrected chi connectivity index (χ0v) is 29.7. The van der Waals surface area contributed by atoms with Crippen LogP contribution in [-0.4, -0.2) is 62.9 Å². The number of carboxylic acids is 1. The molecule has 6 atom stereocenters. The van der Waals surface area contributed by atoms with Crippen LogP contribution in [0.15, 0.2) is 103 Å². The van der Waals surface area contributed by atoms with Gasteiger partial charge in [-0.15, -0.1) is 0 Å². The number of aliphatic carboxylic acids is 1. The minimum absolute atomic E-state index is 0.0239. The number of fused-ring (bicyclic) bond motifs is 3. The Morgan fingerprint density at radius 3 is 2.22 bits per heavy atom.